The van der Waals surface area contributed by atoms with E-state index >= 15 is 0 Å². The van der Waals surface area contributed by atoms with E-state index in [-0.39, 0.29) is 24.2 Å². The van der Waals surface area contributed by atoms with Gasteiger partial charge in [-0.25, -0.2) is 0 Å². The molecule has 2 amide bonds. The fraction of sp³-hybridized carbons (Fsp3) is 0.500. The predicted molar refractivity (Wildman–Crippen MR) is 104 cm³/mol. The van der Waals surface area contributed by atoms with Crippen molar-refractivity contribution in [1.82, 2.24) is 15.1 Å². The molecule has 0 unspecified atom stereocenters. The first-order valence-electron chi connectivity index (χ1n) is 9.65. The van der Waals surface area contributed by atoms with Gasteiger partial charge in [0.2, 0.25) is 16.9 Å². The van der Waals surface area contributed by atoms with Gasteiger partial charge in [-0.05, 0) is 18.4 Å². The average molecular weight is 385 g/mol. The number of amides is 2. The van der Waals surface area contributed by atoms with Crippen molar-refractivity contribution in [1.29, 1.82) is 0 Å². The summed E-state index contributed by atoms with van der Waals surface area (Å²) in [5, 5.41) is 12.9. The third-order valence-electron chi connectivity index (χ3n) is 5.43. The van der Waals surface area contributed by atoms with Crippen molar-refractivity contribution in [2.75, 3.05) is 11.9 Å². The molecule has 0 bridgehead atoms. The summed E-state index contributed by atoms with van der Waals surface area (Å²) in [6, 6.07) is 9.86. The topological polar surface area (TPSA) is 75.2 Å². The molecule has 4 rings (SSSR count). The molecule has 1 aromatic heterocycles. The van der Waals surface area contributed by atoms with Crippen LogP contribution in [0.3, 0.4) is 0 Å². The first kappa shape index (κ1) is 18.1. The molecule has 27 heavy (non-hydrogen) atoms. The molecule has 0 radical (unpaired) electrons. The average Bonchev–Trinajstić information content (AvgIpc) is 3.30. The summed E-state index contributed by atoms with van der Waals surface area (Å²) in [5.74, 6) is 0.0454. The van der Waals surface area contributed by atoms with Crippen LogP contribution in [0.25, 0.3) is 0 Å². The number of hydrogen-bond acceptors (Lipinski definition) is 5. The zero-order valence-corrected chi connectivity index (χ0v) is 16.1. The number of carbonyl (C=O) groups is 2. The van der Waals surface area contributed by atoms with E-state index in [4.69, 9.17) is 0 Å². The van der Waals surface area contributed by atoms with Gasteiger partial charge in [0, 0.05) is 25.4 Å². The Bertz CT molecular complexity index is 801. The number of rotatable bonds is 5. The van der Waals surface area contributed by atoms with Gasteiger partial charge in [0.15, 0.2) is 0 Å². The number of nitrogens with zero attached hydrogens (tertiary/aromatic N) is 3. The minimum atomic E-state index is -0.330. The Hall–Kier alpha value is -2.28. The lowest BCUT2D eigenvalue weighted by molar-refractivity contribution is -0.128. The van der Waals surface area contributed by atoms with E-state index in [2.05, 4.69) is 15.5 Å². The van der Waals surface area contributed by atoms with Crippen LogP contribution in [0.5, 0.6) is 0 Å². The summed E-state index contributed by atoms with van der Waals surface area (Å²) in [4.78, 5) is 26.6. The summed E-state index contributed by atoms with van der Waals surface area (Å²) in [6.45, 7) is 1.00. The van der Waals surface area contributed by atoms with Crippen molar-refractivity contribution in [3.05, 3.63) is 40.9 Å². The number of nitrogens with one attached hydrogen (secondary N) is 1. The Morgan fingerprint density at radius 2 is 1.93 bits per heavy atom. The number of carbonyl (C=O) groups excluding carboxylic acids is 2. The maximum atomic E-state index is 12.6. The molecule has 2 fully saturated rings. The van der Waals surface area contributed by atoms with Crippen LogP contribution in [0.15, 0.2) is 30.3 Å². The molecule has 2 heterocycles. The van der Waals surface area contributed by atoms with Crippen molar-refractivity contribution in [3.63, 3.8) is 0 Å². The quantitative estimate of drug-likeness (QED) is 0.855. The molecule has 6 nitrogen and oxygen atoms in total. The van der Waals surface area contributed by atoms with Crippen molar-refractivity contribution < 1.29 is 9.59 Å². The number of likely N-dealkylation sites (tertiary alicyclic amines) is 1. The number of hydrogen-bond donors (Lipinski definition) is 1. The molecule has 1 N–H and O–H groups in total. The van der Waals surface area contributed by atoms with Gasteiger partial charge in [-0.15, -0.1) is 10.2 Å². The second-order valence-corrected chi connectivity index (χ2v) is 8.44. The Morgan fingerprint density at radius 3 is 2.70 bits per heavy atom. The highest BCUT2D eigenvalue weighted by Gasteiger charge is 2.34. The van der Waals surface area contributed by atoms with Crippen LogP contribution in [-0.2, 0) is 16.1 Å². The molecular weight excluding hydrogens is 360 g/mol. The minimum Gasteiger partial charge on any atom is -0.338 e. The largest absolute Gasteiger partial charge is 0.338 e. The van der Waals surface area contributed by atoms with Gasteiger partial charge in [0.05, 0.1) is 5.92 Å². The van der Waals surface area contributed by atoms with Crippen LogP contribution >= 0.6 is 11.3 Å². The van der Waals surface area contributed by atoms with Crippen LogP contribution in [0.4, 0.5) is 5.13 Å². The molecule has 2 aromatic rings. The lowest BCUT2D eigenvalue weighted by Crippen LogP contribution is -2.28. The van der Waals surface area contributed by atoms with Crippen LogP contribution < -0.4 is 5.32 Å². The fourth-order valence-electron chi connectivity index (χ4n) is 3.91. The highest BCUT2D eigenvalue weighted by molar-refractivity contribution is 7.15. The molecule has 1 aromatic carbocycles. The van der Waals surface area contributed by atoms with E-state index in [0.717, 1.165) is 23.4 Å². The maximum Gasteiger partial charge on any atom is 0.231 e. The molecule has 1 saturated heterocycles. The van der Waals surface area contributed by atoms with Gasteiger partial charge in [0.25, 0.3) is 0 Å². The molecule has 1 aliphatic carbocycles. The Balaban J connectivity index is 1.33. The van der Waals surface area contributed by atoms with Gasteiger partial charge >= 0.3 is 0 Å². The summed E-state index contributed by atoms with van der Waals surface area (Å²) >= 11 is 1.48. The van der Waals surface area contributed by atoms with Gasteiger partial charge in [-0.2, -0.15) is 0 Å². The van der Waals surface area contributed by atoms with E-state index in [9.17, 15) is 9.59 Å². The summed E-state index contributed by atoms with van der Waals surface area (Å²) in [5.41, 5.74) is 1.08. The molecule has 1 saturated carbocycles. The standard InChI is InChI=1S/C20H24N4O2S/c25-17-11-16(13-24(17)12-14-7-3-1-4-8-14)18(26)21-20-23-22-19(27-20)15-9-5-2-6-10-15/h1,3-4,7-8,15-16H,2,5-6,9-13H2,(H,21,23,26)/t16-/m1/s1. The molecule has 142 valence electrons. The third-order valence-corrected chi connectivity index (χ3v) is 6.43. The second-order valence-electron chi connectivity index (χ2n) is 7.43. The molecular formula is C20H24N4O2S. The summed E-state index contributed by atoms with van der Waals surface area (Å²) in [7, 11) is 0. The van der Waals surface area contributed by atoms with E-state index in [0.29, 0.717) is 24.1 Å². The SMILES string of the molecule is O=C(Nc1nnc(C2CCCCC2)s1)[C@@H]1CC(=O)N(Cc2ccccc2)C1. The third kappa shape index (κ3) is 4.35. The fourth-order valence-corrected chi connectivity index (χ4v) is 4.83. The highest BCUT2D eigenvalue weighted by atomic mass is 32.1. The van der Waals surface area contributed by atoms with Crippen molar-refractivity contribution >= 4 is 28.3 Å². The monoisotopic (exact) mass is 384 g/mol. The van der Waals surface area contributed by atoms with Crippen LogP contribution in [0.1, 0.15) is 55.0 Å². The molecule has 1 aliphatic heterocycles. The number of benzene rings is 1. The van der Waals surface area contributed by atoms with Crippen molar-refractivity contribution in [3.8, 4) is 0 Å². The van der Waals surface area contributed by atoms with Crippen LogP contribution in [0.2, 0.25) is 0 Å². The zero-order valence-electron chi connectivity index (χ0n) is 15.3. The summed E-state index contributed by atoms with van der Waals surface area (Å²) in [6.07, 6.45) is 6.37. The summed E-state index contributed by atoms with van der Waals surface area (Å²) < 4.78 is 0. The van der Waals surface area contributed by atoms with Crippen molar-refractivity contribution in [2.24, 2.45) is 5.92 Å². The molecule has 7 heteroatoms. The van der Waals surface area contributed by atoms with Crippen molar-refractivity contribution in [2.45, 2.75) is 51.0 Å². The minimum absolute atomic E-state index is 0.0270. The maximum absolute atomic E-state index is 12.6. The van der Waals surface area contributed by atoms with Crippen LogP contribution in [-0.4, -0.2) is 33.5 Å². The lowest BCUT2D eigenvalue weighted by atomic mass is 9.90. The lowest BCUT2D eigenvalue weighted by Gasteiger charge is -2.18. The number of anilines is 1. The van der Waals surface area contributed by atoms with Gasteiger partial charge in [-0.3, -0.25) is 9.59 Å². The smallest absolute Gasteiger partial charge is 0.231 e. The van der Waals surface area contributed by atoms with E-state index < -0.39 is 0 Å². The van der Waals surface area contributed by atoms with E-state index in [1.54, 1.807) is 4.90 Å². The predicted octanol–water partition coefficient (Wildman–Crippen LogP) is 3.57. The normalized spacial score (nSPS) is 20.8. The Kier molecular flexibility index (Phi) is 5.48. The molecule has 1 atom stereocenters. The Labute approximate surface area is 163 Å². The first-order valence-corrected chi connectivity index (χ1v) is 10.5. The van der Waals surface area contributed by atoms with Gasteiger partial charge in [0.1, 0.15) is 5.01 Å². The van der Waals surface area contributed by atoms with Crippen LogP contribution in [0, 0.1) is 5.92 Å². The zero-order chi connectivity index (χ0) is 18.6. The highest BCUT2D eigenvalue weighted by Crippen LogP contribution is 2.35. The first-order chi connectivity index (χ1) is 13.2. The Morgan fingerprint density at radius 1 is 1.15 bits per heavy atom. The second kappa shape index (κ2) is 8.17. The number of aromatic nitrogens is 2. The molecule has 2 aliphatic rings. The van der Waals surface area contributed by atoms with E-state index in [1.807, 2.05) is 30.3 Å². The molecule has 0 spiro atoms. The van der Waals surface area contributed by atoms with Gasteiger partial charge in [-0.1, -0.05) is 60.9 Å². The van der Waals surface area contributed by atoms with E-state index in [1.165, 1.54) is 30.6 Å². The van der Waals surface area contributed by atoms with Gasteiger partial charge < -0.3 is 10.2 Å².